The number of hydrogen-bond acceptors (Lipinski definition) is 2. The van der Waals surface area contributed by atoms with Crippen LogP contribution < -0.4 is 0 Å². The second-order valence-corrected chi connectivity index (χ2v) is 5.03. The van der Waals surface area contributed by atoms with Crippen LogP contribution in [-0.4, -0.2) is 18.5 Å². The van der Waals surface area contributed by atoms with E-state index in [1.165, 1.54) is 25.7 Å². The second kappa shape index (κ2) is 4.19. The van der Waals surface area contributed by atoms with E-state index in [0.29, 0.717) is 12.2 Å². The highest BCUT2D eigenvalue weighted by molar-refractivity contribution is 4.80. The molecule has 2 aliphatic carbocycles. The normalized spacial score (nSPS) is 43.9. The van der Waals surface area contributed by atoms with Gasteiger partial charge in [0.2, 0.25) is 0 Å². The van der Waals surface area contributed by atoms with Gasteiger partial charge in [0.25, 0.3) is 0 Å². The van der Waals surface area contributed by atoms with Gasteiger partial charge in [-0.1, -0.05) is 13.8 Å². The smallest absolute Gasteiger partial charge is 0.155 e. The monoisotopic (exact) mass is 198 g/mol. The standard InChI is InChI=1S/C12H22O2/c1-8-4-6-11(8)13-10(3)14-12-7-5-9(12)2/h8-12H,4-7H2,1-3H3. The maximum absolute atomic E-state index is 5.83. The first-order valence-electron chi connectivity index (χ1n) is 5.97. The molecule has 4 unspecified atom stereocenters. The fourth-order valence-electron chi connectivity index (χ4n) is 2.20. The molecule has 82 valence electrons. The van der Waals surface area contributed by atoms with Gasteiger partial charge < -0.3 is 9.47 Å². The van der Waals surface area contributed by atoms with Crippen molar-refractivity contribution in [3.05, 3.63) is 0 Å². The molecule has 2 aliphatic rings. The summed E-state index contributed by atoms with van der Waals surface area (Å²) in [4.78, 5) is 0. The molecule has 0 aliphatic heterocycles. The van der Waals surface area contributed by atoms with Crippen LogP contribution in [0.2, 0.25) is 0 Å². The van der Waals surface area contributed by atoms with Crippen molar-refractivity contribution in [3.8, 4) is 0 Å². The summed E-state index contributed by atoms with van der Waals surface area (Å²) in [5.74, 6) is 1.47. The van der Waals surface area contributed by atoms with Gasteiger partial charge >= 0.3 is 0 Å². The molecule has 2 saturated carbocycles. The van der Waals surface area contributed by atoms with E-state index in [1.807, 2.05) is 6.92 Å². The van der Waals surface area contributed by atoms with E-state index in [-0.39, 0.29) is 6.29 Å². The van der Waals surface area contributed by atoms with Crippen LogP contribution in [0, 0.1) is 11.8 Å². The van der Waals surface area contributed by atoms with Crippen molar-refractivity contribution >= 4 is 0 Å². The van der Waals surface area contributed by atoms with E-state index in [9.17, 15) is 0 Å². The van der Waals surface area contributed by atoms with Gasteiger partial charge in [0, 0.05) is 0 Å². The molecule has 0 N–H and O–H groups in total. The minimum Gasteiger partial charge on any atom is -0.349 e. The zero-order valence-electron chi connectivity index (χ0n) is 9.53. The Labute approximate surface area is 87.0 Å². The third kappa shape index (κ3) is 2.12. The predicted molar refractivity (Wildman–Crippen MR) is 56.0 cm³/mol. The average molecular weight is 198 g/mol. The van der Waals surface area contributed by atoms with Crippen LogP contribution in [0.3, 0.4) is 0 Å². The maximum atomic E-state index is 5.83. The topological polar surface area (TPSA) is 18.5 Å². The number of hydrogen-bond donors (Lipinski definition) is 0. The third-order valence-corrected chi connectivity index (χ3v) is 3.82. The predicted octanol–water partition coefficient (Wildman–Crippen LogP) is 2.96. The summed E-state index contributed by atoms with van der Waals surface area (Å²) in [5, 5.41) is 0. The lowest BCUT2D eigenvalue weighted by Gasteiger charge is -2.39. The summed E-state index contributed by atoms with van der Waals surface area (Å²) in [6.45, 7) is 6.55. The molecule has 0 heterocycles. The van der Waals surface area contributed by atoms with E-state index >= 15 is 0 Å². The number of ether oxygens (including phenoxy) is 2. The lowest BCUT2D eigenvalue weighted by atomic mass is 9.83. The quantitative estimate of drug-likeness (QED) is 0.647. The molecule has 0 bridgehead atoms. The van der Waals surface area contributed by atoms with Crippen LogP contribution >= 0.6 is 0 Å². The van der Waals surface area contributed by atoms with Crippen LogP contribution in [0.15, 0.2) is 0 Å². The Balaban J connectivity index is 1.65. The Kier molecular flexibility index (Phi) is 3.13. The van der Waals surface area contributed by atoms with Gasteiger partial charge in [-0.15, -0.1) is 0 Å². The fraction of sp³-hybridized carbons (Fsp3) is 1.00. The van der Waals surface area contributed by atoms with Crippen molar-refractivity contribution in [1.29, 1.82) is 0 Å². The van der Waals surface area contributed by atoms with E-state index in [0.717, 1.165) is 11.8 Å². The Bertz CT molecular complexity index is 173. The van der Waals surface area contributed by atoms with Crippen LogP contribution in [-0.2, 0) is 9.47 Å². The van der Waals surface area contributed by atoms with E-state index in [4.69, 9.17) is 9.47 Å². The molecule has 0 aromatic carbocycles. The first kappa shape index (κ1) is 10.4. The molecule has 2 rings (SSSR count). The van der Waals surface area contributed by atoms with Crippen LogP contribution in [0.4, 0.5) is 0 Å². The highest BCUT2D eigenvalue weighted by Crippen LogP contribution is 2.33. The van der Waals surface area contributed by atoms with Gasteiger partial charge in [-0.2, -0.15) is 0 Å². The summed E-state index contributed by atoms with van der Waals surface area (Å²) in [6.07, 6.45) is 5.98. The van der Waals surface area contributed by atoms with Gasteiger partial charge in [0.05, 0.1) is 12.2 Å². The van der Waals surface area contributed by atoms with Crippen molar-refractivity contribution in [2.75, 3.05) is 0 Å². The van der Waals surface area contributed by atoms with Gasteiger partial charge in [0.1, 0.15) is 0 Å². The summed E-state index contributed by atoms with van der Waals surface area (Å²) >= 11 is 0. The average Bonchev–Trinajstić information content (AvgIpc) is 2.18. The molecule has 4 atom stereocenters. The number of rotatable bonds is 4. The molecule has 2 fully saturated rings. The highest BCUT2D eigenvalue weighted by Gasteiger charge is 2.32. The lowest BCUT2D eigenvalue weighted by molar-refractivity contribution is -0.230. The maximum Gasteiger partial charge on any atom is 0.155 e. The van der Waals surface area contributed by atoms with Gasteiger partial charge in [-0.3, -0.25) is 0 Å². The Morgan fingerprint density at radius 2 is 1.29 bits per heavy atom. The molecule has 0 aromatic rings. The van der Waals surface area contributed by atoms with Crippen LogP contribution in [0.25, 0.3) is 0 Å². The first-order chi connectivity index (χ1) is 6.66. The molecule has 0 spiro atoms. The van der Waals surface area contributed by atoms with E-state index < -0.39 is 0 Å². The van der Waals surface area contributed by atoms with Crippen molar-refractivity contribution in [3.63, 3.8) is 0 Å². The van der Waals surface area contributed by atoms with Crippen molar-refractivity contribution in [1.82, 2.24) is 0 Å². The van der Waals surface area contributed by atoms with Crippen LogP contribution in [0.1, 0.15) is 46.5 Å². The minimum atomic E-state index is -0.00417. The van der Waals surface area contributed by atoms with Crippen molar-refractivity contribution in [2.45, 2.75) is 65.0 Å². The molecule has 2 heteroatoms. The minimum absolute atomic E-state index is 0.00417. The molecule has 0 aromatic heterocycles. The van der Waals surface area contributed by atoms with E-state index in [2.05, 4.69) is 13.8 Å². The first-order valence-corrected chi connectivity index (χ1v) is 5.97. The van der Waals surface area contributed by atoms with E-state index in [1.54, 1.807) is 0 Å². The molecule has 14 heavy (non-hydrogen) atoms. The largest absolute Gasteiger partial charge is 0.349 e. The van der Waals surface area contributed by atoms with Gasteiger partial charge in [0.15, 0.2) is 6.29 Å². The fourth-order valence-corrected chi connectivity index (χ4v) is 2.20. The Morgan fingerprint density at radius 3 is 1.50 bits per heavy atom. The lowest BCUT2D eigenvalue weighted by Crippen LogP contribution is -2.40. The SMILES string of the molecule is CC(OC1CCC1C)OC1CCC1C. The zero-order valence-corrected chi connectivity index (χ0v) is 9.53. The summed E-state index contributed by atoms with van der Waals surface area (Å²) in [6, 6.07) is 0. The third-order valence-electron chi connectivity index (χ3n) is 3.82. The molecule has 0 amide bonds. The Morgan fingerprint density at radius 1 is 0.857 bits per heavy atom. The van der Waals surface area contributed by atoms with Gasteiger partial charge in [-0.05, 0) is 44.4 Å². The molecular weight excluding hydrogens is 176 g/mol. The van der Waals surface area contributed by atoms with Crippen LogP contribution in [0.5, 0.6) is 0 Å². The molecular formula is C12H22O2. The molecule has 0 radical (unpaired) electrons. The zero-order chi connectivity index (χ0) is 10.1. The van der Waals surface area contributed by atoms with Crippen molar-refractivity contribution < 1.29 is 9.47 Å². The molecule has 0 saturated heterocycles. The summed E-state index contributed by atoms with van der Waals surface area (Å²) in [7, 11) is 0. The Hall–Kier alpha value is -0.0800. The van der Waals surface area contributed by atoms with Crippen molar-refractivity contribution in [2.24, 2.45) is 11.8 Å². The van der Waals surface area contributed by atoms with Gasteiger partial charge in [-0.25, -0.2) is 0 Å². The summed E-state index contributed by atoms with van der Waals surface area (Å²) in [5.41, 5.74) is 0. The molecule has 2 nitrogen and oxygen atoms in total. The second-order valence-electron chi connectivity index (χ2n) is 5.03. The summed E-state index contributed by atoms with van der Waals surface area (Å²) < 4.78 is 11.7. The highest BCUT2D eigenvalue weighted by atomic mass is 16.7.